The molecule has 3 rings (SSSR count). The molecule has 0 spiro atoms. The van der Waals surface area contributed by atoms with Gasteiger partial charge in [-0.3, -0.25) is 19.7 Å². The minimum atomic E-state index is -0.495. The lowest BCUT2D eigenvalue weighted by Gasteiger charge is -2.24. The molecule has 0 saturated carbocycles. The molecule has 1 N–H and O–H groups in total. The van der Waals surface area contributed by atoms with E-state index in [4.69, 9.17) is 0 Å². The lowest BCUT2D eigenvalue weighted by Crippen LogP contribution is -2.41. The number of nitrogens with one attached hydrogen (secondary N) is 1. The first-order valence-electron chi connectivity index (χ1n) is 7.84. The van der Waals surface area contributed by atoms with Gasteiger partial charge in [-0.05, 0) is 29.2 Å². The monoisotopic (exact) mass is 324 g/mol. The third-order valence-electron chi connectivity index (χ3n) is 3.98. The van der Waals surface area contributed by atoms with E-state index in [0.717, 1.165) is 17.0 Å². The highest BCUT2D eigenvalue weighted by Gasteiger charge is 2.44. The van der Waals surface area contributed by atoms with Crippen LogP contribution in [0, 0.1) is 5.41 Å². The van der Waals surface area contributed by atoms with Crippen molar-refractivity contribution in [2.24, 2.45) is 5.41 Å². The Morgan fingerprint density at radius 2 is 1.83 bits per heavy atom. The van der Waals surface area contributed by atoms with Crippen LogP contribution in [0.1, 0.15) is 26.3 Å². The molecule has 124 valence electrons. The van der Waals surface area contributed by atoms with Gasteiger partial charge >= 0.3 is 6.03 Å². The Morgan fingerprint density at radius 1 is 1.08 bits per heavy atom. The summed E-state index contributed by atoms with van der Waals surface area (Å²) in [6, 6.07) is 8.49. The lowest BCUT2D eigenvalue weighted by molar-refractivity contribution is -0.129. The van der Waals surface area contributed by atoms with E-state index in [2.05, 4.69) is 15.3 Å². The number of hydrogen-bond acceptors (Lipinski definition) is 4. The van der Waals surface area contributed by atoms with Gasteiger partial charge in [0, 0.05) is 12.4 Å². The van der Waals surface area contributed by atoms with E-state index in [0.29, 0.717) is 0 Å². The molecule has 24 heavy (non-hydrogen) atoms. The summed E-state index contributed by atoms with van der Waals surface area (Å²) in [5.41, 5.74) is 2.02. The number of carbonyl (C=O) groups is 2. The van der Waals surface area contributed by atoms with Gasteiger partial charge in [0.15, 0.2) is 0 Å². The topological polar surface area (TPSA) is 75.2 Å². The maximum atomic E-state index is 12.5. The van der Waals surface area contributed by atoms with Crippen molar-refractivity contribution in [1.29, 1.82) is 0 Å². The van der Waals surface area contributed by atoms with Crippen molar-refractivity contribution >= 4 is 11.9 Å². The molecule has 1 aliphatic heterocycles. The van der Waals surface area contributed by atoms with E-state index in [1.54, 1.807) is 12.4 Å². The highest BCUT2D eigenvalue weighted by atomic mass is 16.2. The predicted octanol–water partition coefficient (Wildman–Crippen LogP) is 2.61. The molecule has 3 amide bonds. The third kappa shape index (κ3) is 3.13. The number of rotatable bonds is 3. The predicted molar refractivity (Wildman–Crippen MR) is 89.8 cm³/mol. The Bertz CT molecular complexity index is 751. The number of amides is 3. The molecule has 6 nitrogen and oxygen atoms in total. The van der Waals surface area contributed by atoms with E-state index >= 15 is 0 Å². The zero-order chi connectivity index (χ0) is 17.3. The molecule has 2 aromatic rings. The first kappa shape index (κ1) is 16.1. The zero-order valence-corrected chi connectivity index (χ0v) is 14.0. The smallest absolute Gasteiger partial charge is 0.325 e. The summed E-state index contributed by atoms with van der Waals surface area (Å²) in [7, 11) is 0. The second kappa shape index (κ2) is 6.03. The maximum Gasteiger partial charge on any atom is 0.325 e. The fourth-order valence-electron chi connectivity index (χ4n) is 2.62. The number of imide groups is 1. The van der Waals surface area contributed by atoms with Crippen molar-refractivity contribution in [1.82, 2.24) is 20.2 Å². The average molecular weight is 324 g/mol. The summed E-state index contributed by atoms with van der Waals surface area (Å²) in [5, 5.41) is 2.76. The molecule has 0 aromatic carbocycles. The SMILES string of the molecule is CC(C)(C)[C@H]1NC(=O)N(Cc2ccc(-c3ccccn3)nc2)C1=O. The minimum Gasteiger partial charge on any atom is -0.325 e. The molecule has 0 radical (unpaired) electrons. The summed E-state index contributed by atoms with van der Waals surface area (Å²) >= 11 is 0. The van der Waals surface area contributed by atoms with E-state index in [9.17, 15) is 9.59 Å². The number of aromatic nitrogens is 2. The Kier molecular flexibility index (Phi) is 4.05. The molecule has 6 heteroatoms. The van der Waals surface area contributed by atoms with Crippen LogP contribution in [0.5, 0.6) is 0 Å². The lowest BCUT2D eigenvalue weighted by atomic mass is 9.87. The Hall–Kier alpha value is -2.76. The van der Waals surface area contributed by atoms with Gasteiger partial charge in [-0.2, -0.15) is 0 Å². The Balaban J connectivity index is 1.75. The number of hydrogen-bond donors (Lipinski definition) is 1. The van der Waals surface area contributed by atoms with Gasteiger partial charge in [-0.25, -0.2) is 4.79 Å². The van der Waals surface area contributed by atoms with Gasteiger partial charge in [-0.1, -0.05) is 32.9 Å². The first-order chi connectivity index (χ1) is 11.4. The van der Waals surface area contributed by atoms with Crippen LogP contribution < -0.4 is 5.32 Å². The molecule has 2 aromatic heterocycles. The zero-order valence-electron chi connectivity index (χ0n) is 14.0. The van der Waals surface area contributed by atoms with Gasteiger partial charge in [0.1, 0.15) is 6.04 Å². The van der Waals surface area contributed by atoms with Crippen molar-refractivity contribution in [3.63, 3.8) is 0 Å². The van der Waals surface area contributed by atoms with E-state index in [1.165, 1.54) is 4.90 Å². The standard InChI is InChI=1S/C18H20N4O2/c1-18(2,3)15-16(23)22(17(24)21-15)11-12-7-8-14(20-10-12)13-6-4-5-9-19-13/h4-10,15H,11H2,1-3H3,(H,21,24)/t15-/m0/s1. The molecule has 1 fully saturated rings. The van der Waals surface area contributed by atoms with Gasteiger partial charge in [-0.15, -0.1) is 0 Å². The fraction of sp³-hybridized carbons (Fsp3) is 0.333. The highest BCUT2D eigenvalue weighted by Crippen LogP contribution is 2.26. The quantitative estimate of drug-likeness (QED) is 0.881. The molecular formula is C18H20N4O2. The van der Waals surface area contributed by atoms with Crippen LogP contribution in [0.3, 0.4) is 0 Å². The van der Waals surface area contributed by atoms with Gasteiger partial charge < -0.3 is 5.32 Å². The molecule has 1 aliphatic rings. The first-order valence-corrected chi connectivity index (χ1v) is 7.84. The summed E-state index contributed by atoms with van der Waals surface area (Å²) in [6.45, 7) is 6.01. The molecule has 0 aliphatic carbocycles. The third-order valence-corrected chi connectivity index (χ3v) is 3.98. The van der Waals surface area contributed by atoms with Crippen LogP contribution in [0.25, 0.3) is 11.4 Å². The van der Waals surface area contributed by atoms with Crippen LogP contribution in [0.2, 0.25) is 0 Å². The number of pyridine rings is 2. The Labute approximate surface area is 140 Å². The normalized spacial score (nSPS) is 18.0. The average Bonchev–Trinajstić information content (AvgIpc) is 2.85. The Morgan fingerprint density at radius 3 is 2.38 bits per heavy atom. The number of carbonyl (C=O) groups excluding carboxylic acids is 2. The fourth-order valence-corrected chi connectivity index (χ4v) is 2.62. The number of nitrogens with zero attached hydrogens (tertiary/aromatic N) is 3. The van der Waals surface area contributed by atoms with Gasteiger partial charge in [0.2, 0.25) is 0 Å². The summed E-state index contributed by atoms with van der Waals surface area (Å²) < 4.78 is 0. The van der Waals surface area contributed by atoms with Crippen molar-refractivity contribution in [3.05, 3.63) is 48.3 Å². The van der Waals surface area contributed by atoms with Gasteiger partial charge in [0.25, 0.3) is 5.91 Å². The van der Waals surface area contributed by atoms with E-state index in [-0.39, 0.29) is 23.9 Å². The summed E-state index contributed by atoms with van der Waals surface area (Å²) in [4.78, 5) is 34.4. The molecular weight excluding hydrogens is 304 g/mol. The van der Waals surface area contributed by atoms with Crippen molar-refractivity contribution in [3.8, 4) is 11.4 Å². The second-order valence-corrected chi connectivity index (χ2v) is 6.94. The molecule has 3 heterocycles. The second-order valence-electron chi connectivity index (χ2n) is 6.94. The number of urea groups is 1. The van der Waals surface area contributed by atoms with Gasteiger partial charge in [0.05, 0.1) is 17.9 Å². The molecule has 0 unspecified atom stereocenters. The molecule has 0 bridgehead atoms. The van der Waals surface area contributed by atoms with E-state index < -0.39 is 6.04 Å². The van der Waals surface area contributed by atoms with Crippen molar-refractivity contribution < 1.29 is 9.59 Å². The maximum absolute atomic E-state index is 12.5. The van der Waals surface area contributed by atoms with Crippen LogP contribution >= 0.6 is 0 Å². The minimum absolute atomic E-state index is 0.193. The highest BCUT2D eigenvalue weighted by molar-refractivity contribution is 6.04. The van der Waals surface area contributed by atoms with E-state index in [1.807, 2.05) is 51.1 Å². The van der Waals surface area contributed by atoms with Crippen molar-refractivity contribution in [2.45, 2.75) is 33.4 Å². The van der Waals surface area contributed by atoms with Crippen LogP contribution in [0.15, 0.2) is 42.7 Å². The van der Waals surface area contributed by atoms with Crippen molar-refractivity contribution in [2.75, 3.05) is 0 Å². The summed E-state index contributed by atoms with van der Waals surface area (Å²) in [5.74, 6) is -0.193. The van der Waals surface area contributed by atoms with Crippen LogP contribution in [0.4, 0.5) is 4.79 Å². The van der Waals surface area contributed by atoms with Crippen LogP contribution in [-0.4, -0.2) is 32.8 Å². The largest absolute Gasteiger partial charge is 0.325 e. The van der Waals surface area contributed by atoms with Crippen LogP contribution in [-0.2, 0) is 11.3 Å². The molecule has 1 saturated heterocycles. The molecule has 1 atom stereocenters. The summed E-state index contributed by atoms with van der Waals surface area (Å²) in [6.07, 6.45) is 3.39.